The number of fused-ring (bicyclic) bond motifs is 1. The number of carbonyl (C=O) groups is 2. The summed E-state index contributed by atoms with van der Waals surface area (Å²) in [7, 11) is 0. The summed E-state index contributed by atoms with van der Waals surface area (Å²) < 4.78 is 5.28. The molecule has 5 heteroatoms. The zero-order valence-electron chi connectivity index (χ0n) is 13.0. The Kier molecular flexibility index (Phi) is 4.16. The Hall–Kier alpha value is -1.88. The molecule has 4 unspecified atom stereocenters. The normalized spacial score (nSPS) is 27.8. The van der Waals surface area contributed by atoms with Gasteiger partial charge in [0.2, 0.25) is 0 Å². The molecule has 4 atom stereocenters. The number of ketones is 1. The third-order valence-corrected chi connectivity index (χ3v) is 4.67. The van der Waals surface area contributed by atoms with Gasteiger partial charge in [0.1, 0.15) is 11.9 Å². The number of hydrogen-bond acceptors (Lipinski definition) is 5. The number of benzene rings is 1. The first-order chi connectivity index (χ1) is 10.6. The van der Waals surface area contributed by atoms with Gasteiger partial charge in [-0.2, -0.15) is 0 Å². The smallest absolute Gasteiger partial charge is 0.302 e. The first-order valence-electron chi connectivity index (χ1n) is 7.80. The number of esters is 1. The molecule has 22 heavy (non-hydrogen) atoms. The van der Waals surface area contributed by atoms with E-state index in [-0.39, 0.29) is 35.7 Å². The van der Waals surface area contributed by atoms with E-state index in [1.807, 2.05) is 12.1 Å². The molecule has 1 aromatic carbocycles. The highest BCUT2D eigenvalue weighted by atomic mass is 16.5. The van der Waals surface area contributed by atoms with Crippen molar-refractivity contribution in [3.63, 3.8) is 0 Å². The predicted molar refractivity (Wildman–Crippen MR) is 83.8 cm³/mol. The number of hydrogen-bond donors (Lipinski definition) is 2. The number of rotatable bonds is 4. The van der Waals surface area contributed by atoms with Gasteiger partial charge in [-0.3, -0.25) is 9.59 Å². The molecule has 0 aliphatic carbocycles. The molecule has 0 saturated carbocycles. The molecule has 118 valence electrons. The van der Waals surface area contributed by atoms with Crippen LogP contribution in [0, 0.1) is 5.92 Å². The second-order valence-corrected chi connectivity index (χ2v) is 6.19. The summed E-state index contributed by atoms with van der Waals surface area (Å²) in [5, 5.41) is 6.76. The summed E-state index contributed by atoms with van der Waals surface area (Å²) in [6, 6.07) is 8.21. The Morgan fingerprint density at radius 1 is 1.23 bits per heavy atom. The second-order valence-electron chi connectivity index (χ2n) is 6.19. The standard InChI is InChI=1S/C17H22N2O3/c1-10(20)17(16-7-12(8-18-16)22-11(2)21)14-9-19-15-6-4-3-5-13(14)15/h3-6,12,14,16-19H,7-9H2,1-2H3. The maximum atomic E-state index is 12.3. The molecule has 1 saturated heterocycles. The molecule has 2 heterocycles. The van der Waals surface area contributed by atoms with Gasteiger partial charge in [0.25, 0.3) is 0 Å². The van der Waals surface area contributed by atoms with Gasteiger partial charge in [0.15, 0.2) is 0 Å². The quantitative estimate of drug-likeness (QED) is 0.829. The summed E-state index contributed by atoms with van der Waals surface area (Å²) in [6.45, 7) is 4.48. The molecular formula is C17H22N2O3. The Bertz CT molecular complexity index is 587. The van der Waals surface area contributed by atoms with Gasteiger partial charge < -0.3 is 15.4 Å². The van der Waals surface area contributed by atoms with Gasteiger partial charge in [-0.15, -0.1) is 0 Å². The van der Waals surface area contributed by atoms with Crippen molar-refractivity contribution in [1.82, 2.24) is 5.32 Å². The Morgan fingerprint density at radius 3 is 2.73 bits per heavy atom. The number of ether oxygens (including phenoxy) is 1. The zero-order chi connectivity index (χ0) is 15.7. The van der Waals surface area contributed by atoms with E-state index in [4.69, 9.17) is 4.74 Å². The van der Waals surface area contributed by atoms with E-state index < -0.39 is 0 Å². The van der Waals surface area contributed by atoms with Crippen LogP contribution in [0.3, 0.4) is 0 Å². The van der Waals surface area contributed by atoms with Crippen molar-refractivity contribution in [2.45, 2.75) is 38.3 Å². The largest absolute Gasteiger partial charge is 0.461 e. The summed E-state index contributed by atoms with van der Waals surface area (Å²) in [5.74, 6) is -0.0110. The van der Waals surface area contributed by atoms with Crippen LogP contribution in [0.5, 0.6) is 0 Å². The van der Waals surface area contributed by atoms with E-state index in [1.165, 1.54) is 12.5 Å². The van der Waals surface area contributed by atoms with Crippen LogP contribution < -0.4 is 10.6 Å². The molecule has 1 aromatic rings. The molecule has 2 N–H and O–H groups in total. The van der Waals surface area contributed by atoms with Crippen molar-refractivity contribution in [2.24, 2.45) is 5.92 Å². The summed E-state index contributed by atoms with van der Waals surface area (Å²) in [6.07, 6.45) is 0.566. The van der Waals surface area contributed by atoms with E-state index in [9.17, 15) is 9.59 Å². The van der Waals surface area contributed by atoms with Crippen LogP contribution in [0.2, 0.25) is 0 Å². The third kappa shape index (κ3) is 2.86. The summed E-state index contributed by atoms with van der Waals surface area (Å²) >= 11 is 0. The number of nitrogens with one attached hydrogen (secondary N) is 2. The van der Waals surface area contributed by atoms with Crippen molar-refractivity contribution in [3.05, 3.63) is 29.8 Å². The van der Waals surface area contributed by atoms with Crippen LogP contribution in [0.25, 0.3) is 0 Å². The number of carbonyl (C=O) groups excluding carboxylic acids is 2. The van der Waals surface area contributed by atoms with Crippen LogP contribution in [-0.2, 0) is 14.3 Å². The highest BCUT2D eigenvalue weighted by Crippen LogP contribution is 2.39. The highest BCUT2D eigenvalue weighted by molar-refractivity contribution is 5.81. The molecule has 0 aromatic heterocycles. The monoisotopic (exact) mass is 302 g/mol. The first-order valence-corrected chi connectivity index (χ1v) is 7.80. The molecule has 0 radical (unpaired) electrons. The molecule has 5 nitrogen and oxygen atoms in total. The first kappa shape index (κ1) is 15.0. The predicted octanol–water partition coefficient (Wildman–Crippen LogP) is 1.69. The van der Waals surface area contributed by atoms with Gasteiger partial charge in [-0.1, -0.05) is 18.2 Å². The van der Waals surface area contributed by atoms with Gasteiger partial charge in [-0.05, 0) is 18.6 Å². The van der Waals surface area contributed by atoms with Crippen LogP contribution >= 0.6 is 0 Å². The topological polar surface area (TPSA) is 67.4 Å². The number of anilines is 1. The fraction of sp³-hybridized carbons (Fsp3) is 0.529. The maximum absolute atomic E-state index is 12.3. The van der Waals surface area contributed by atoms with Crippen LogP contribution in [0.1, 0.15) is 31.7 Å². The SMILES string of the molecule is CC(=O)OC1CNC(C(C(C)=O)C2CNc3ccccc32)C1. The lowest BCUT2D eigenvalue weighted by Crippen LogP contribution is -2.39. The second kappa shape index (κ2) is 6.08. The minimum Gasteiger partial charge on any atom is -0.461 e. The zero-order valence-corrected chi connectivity index (χ0v) is 13.0. The van der Waals surface area contributed by atoms with E-state index in [0.29, 0.717) is 13.0 Å². The van der Waals surface area contributed by atoms with E-state index >= 15 is 0 Å². The minimum absolute atomic E-state index is 0.0554. The average molecular weight is 302 g/mol. The van der Waals surface area contributed by atoms with E-state index in [2.05, 4.69) is 22.8 Å². The molecule has 0 bridgehead atoms. The van der Waals surface area contributed by atoms with Gasteiger partial charge in [-0.25, -0.2) is 0 Å². The van der Waals surface area contributed by atoms with Crippen molar-refractivity contribution in [2.75, 3.05) is 18.4 Å². The lowest BCUT2D eigenvalue weighted by atomic mass is 9.79. The fourth-order valence-corrected chi connectivity index (χ4v) is 3.81. The van der Waals surface area contributed by atoms with Crippen molar-refractivity contribution in [1.29, 1.82) is 0 Å². The fourth-order valence-electron chi connectivity index (χ4n) is 3.81. The van der Waals surface area contributed by atoms with Crippen LogP contribution in [0.4, 0.5) is 5.69 Å². The molecule has 0 amide bonds. The molecule has 2 aliphatic heterocycles. The van der Waals surface area contributed by atoms with Crippen molar-refractivity contribution < 1.29 is 14.3 Å². The Morgan fingerprint density at radius 2 is 2.00 bits per heavy atom. The molecular weight excluding hydrogens is 280 g/mol. The van der Waals surface area contributed by atoms with Gasteiger partial charge in [0.05, 0.1) is 0 Å². The molecule has 1 fully saturated rings. The van der Waals surface area contributed by atoms with Crippen molar-refractivity contribution in [3.8, 4) is 0 Å². The lowest BCUT2D eigenvalue weighted by molar-refractivity contribution is -0.145. The van der Waals surface area contributed by atoms with E-state index in [1.54, 1.807) is 6.92 Å². The van der Waals surface area contributed by atoms with Gasteiger partial charge in [0, 0.05) is 50.0 Å². The Labute approximate surface area is 130 Å². The molecule has 3 rings (SSSR count). The average Bonchev–Trinajstić information content (AvgIpc) is 3.07. The maximum Gasteiger partial charge on any atom is 0.302 e. The number of Topliss-reactive ketones (excluding diaryl/α,β-unsaturated/α-hetero) is 1. The van der Waals surface area contributed by atoms with Gasteiger partial charge >= 0.3 is 5.97 Å². The molecule has 2 aliphatic rings. The van der Waals surface area contributed by atoms with E-state index in [0.717, 1.165) is 12.2 Å². The minimum atomic E-state index is -0.264. The summed E-state index contributed by atoms with van der Waals surface area (Å²) in [4.78, 5) is 23.4. The third-order valence-electron chi connectivity index (χ3n) is 4.67. The number of para-hydroxylation sites is 1. The van der Waals surface area contributed by atoms with Crippen molar-refractivity contribution >= 4 is 17.4 Å². The van der Waals surface area contributed by atoms with Crippen LogP contribution in [-0.4, -0.2) is 37.0 Å². The highest BCUT2D eigenvalue weighted by Gasteiger charge is 2.41. The lowest BCUT2D eigenvalue weighted by Gasteiger charge is -2.27. The molecule has 0 spiro atoms. The van der Waals surface area contributed by atoms with Crippen LogP contribution in [0.15, 0.2) is 24.3 Å². The Balaban J connectivity index is 1.78. The summed E-state index contributed by atoms with van der Waals surface area (Å²) in [5.41, 5.74) is 2.33.